The third-order valence-electron chi connectivity index (χ3n) is 3.64. The Bertz CT molecular complexity index is 511. The summed E-state index contributed by atoms with van der Waals surface area (Å²) in [4.78, 5) is 0. The number of aryl methyl sites for hydroxylation is 1. The molecule has 1 N–H and O–H groups in total. The zero-order valence-corrected chi connectivity index (χ0v) is 12.2. The quantitative estimate of drug-likeness (QED) is 0.891. The summed E-state index contributed by atoms with van der Waals surface area (Å²) in [6.45, 7) is 7.38. The van der Waals surface area contributed by atoms with E-state index in [1.165, 1.54) is 16.8 Å². The molecule has 1 heterocycles. The second-order valence-corrected chi connectivity index (χ2v) is 5.32. The molecule has 0 aliphatic heterocycles. The first-order chi connectivity index (χ1) is 9.11. The first-order valence-electron chi connectivity index (χ1n) is 6.87. The van der Waals surface area contributed by atoms with E-state index >= 15 is 0 Å². The smallest absolute Gasteiger partial charge is 0.0607 e. The summed E-state index contributed by atoms with van der Waals surface area (Å²) in [6, 6.07) is 11.2. The van der Waals surface area contributed by atoms with Gasteiger partial charge in [0.2, 0.25) is 0 Å². The Kier molecular flexibility index (Phi) is 4.38. The second kappa shape index (κ2) is 6.02. The molecular weight excluding hydrogens is 234 g/mol. The van der Waals surface area contributed by atoms with Gasteiger partial charge in [0.1, 0.15) is 0 Å². The van der Waals surface area contributed by atoms with Crippen molar-refractivity contribution in [3.63, 3.8) is 0 Å². The van der Waals surface area contributed by atoms with Crippen LogP contribution in [0.4, 0.5) is 0 Å². The number of benzene rings is 1. The lowest BCUT2D eigenvalue weighted by molar-refractivity contribution is 0.461. The van der Waals surface area contributed by atoms with Crippen molar-refractivity contribution in [1.29, 1.82) is 0 Å². The molecule has 19 heavy (non-hydrogen) atoms. The molecule has 0 bridgehead atoms. The van der Waals surface area contributed by atoms with Gasteiger partial charge in [0, 0.05) is 11.9 Å². The number of nitrogens with one attached hydrogen (secondary N) is 1. The van der Waals surface area contributed by atoms with E-state index in [4.69, 9.17) is 0 Å². The van der Waals surface area contributed by atoms with Crippen molar-refractivity contribution in [3.8, 4) is 0 Å². The highest BCUT2D eigenvalue weighted by atomic mass is 15.3. The Hall–Kier alpha value is -1.61. The van der Waals surface area contributed by atoms with Crippen LogP contribution in [0.2, 0.25) is 0 Å². The van der Waals surface area contributed by atoms with E-state index in [9.17, 15) is 0 Å². The van der Waals surface area contributed by atoms with Crippen LogP contribution in [-0.2, 0) is 6.54 Å². The molecule has 0 aliphatic rings. The van der Waals surface area contributed by atoms with E-state index < -0.39 is 0 Å². The number of hydrogen-bond acceptors (Lipinski definition) is 2. The number of rotatable bonds is 5. The molecule has 1 aromatic carbocycles. The van der Waals surface area contributed by atoms with Gasteiger partial charge in [-0.05, 0) is 37.1 Å². The number of aromatic nitrogens is 2. The number of likely N-dealkylation sites (N-methyl/N-ethyl adjacent to an activating group) is 1. The molecule has 102 valence electrons. The molecule has 0 saturated heterocycles. The third-order valence-corrected chi connectivity index (χ3v) is 3.64. The molecule has 0 spiro atoms. The minimum absolute atomic E-state index is 0.291. The molecule has 0 saturated carbocycles. The average Bonchev–Trinajstić information content (AvgIpc) is 2.81. The van der Waals surface area contributed by atoms with Gasteiger partial charge in [-0.1, -0.05) is 38.1 Å². The van der Waals surface area contributed by atoms with Gasteiger partial charge >= 0.3 is 0 Å². The molecule has 0 aliphatic carbocycles. The van der Waals surface area contributed by atoms with E-state index in [-0.39, 0.29) is 0 Å². The van der Waals surface area contributed by atoms with E-state index in [2.05, 4.69) is 55.5 Å². The van der Waals surface area contributed by atoms with E-state index in [0.717, 1.165) is 6.54 Å². The van der Waals surface area contributed by atoms with Crippen molar-refractivity contribution in [2.24, 2.45) is 0 Å². The van der Waals surface area contributed by atoms with Gasteiger partial charge in [-0.25, -0.2) is 0 Å². The Labute approximate surface area is 115 Å². The number of nitrogens with zero attached hydrogens (tertiary/aromatic N) is 2. The molecular formula is C16H23N3. The topological polar surface area (TPSA) is 29.9 Å². The summed E-state index contributed by atoms with van der Waals surface area (Å²) >= 11 is 0. The molecule has 0 amide bonds. The normalized spacial score (nSPS) is 12.9. The highest BCUT2D eigenvalue weighted by Crippen LogP contribution is 2.20. The third kappa shape index (κ3) is 3.24. The van der Waals surface area contributed by atoms with Crippen molar-refractivity contribution in [3.05, 3.63) is 53.3 Å². The molecule has 2 aromatic rings. The van der Waals surface area contributed by atoms with Crippen molar-refractivity contribution in [2.75, 3.05) is 7.05 Å². The predicted molar refractivity (Wildman–Crippen MR) is 79.3 cm³/mol. The zero-order valence-electron chi connectivity index (χ0n) is 12.2. The zero-order chi connectivity index (χ0) is 13.8. The maximum atomic E-state index is 4.35. The Balaban J connectivity index is 2.15. The minimum atomic E-state index is 0.291. The Morgan fingerprint density at radius 3 is 2.21 bits per heavy atom. The fraction of sp³-hybridized carbons (Fsp3) is 0.438. The van der Waals surface area contributed by atoms with Gasteiger partial charge in [0.25, 0.3) is 0 Å². The van der Waals surface area contributed by atoms with Gasteiger partial charge in [0.15, 0.2) is 0 Å². The van der Waals surface area contributed by atoms with Crippen LogP contribution in [-0.4, -0.2) is 16.8 Å². The molecule has 0 radical (unpaired) electrons. The summed E-state index contributed by atoms with van der Waals surface area (Å²) in [5.74, 6) is 0.579. The van der Waals surface area contributed by atoms with E-state index in [0.29, 0.717) is 12.0 Å². The fourth-order valence-corrected chi connectivity index (χ4v) is 2.24. The van der Waals surface area contributed by atoms with Gasteiger partial charge in [-0.2, -0.15) is 5.10 Å². The average molecular weight is 257 g/mol. The Morgan fingerprint density at radius 2 is 1.74 bits per heavy atom. The highest BCUT2D eigenvalue weighted by molar-refractivity contribution is 5.26. The van der Waals surface area contributed by atoms with Crippen molar-refractivity contribution in [1.82, 2.24) is 15.1 Å². The van der Waals surface area contributed by atoms with Crippen LogP contribution in [0.1, 0.15) is 42.6 Å². The van der Waals surface area contributed by atoms with Crippen molar-refractivity contribution < 1.29 is 0 Å². The van der Waals surface area contributed by atoms with Crippen molar-refractivity contribution >= 4 is 0 Å². The lowest BCUT2D eigenvalue weighted by Crippen LogP contribution is -2.23. The maximum absolute atomic E-state index is 4.35. The van der Waals surface area contributed by atoms with E-state index in [1.807, 2.05) is 24.0 Å². The summed E-state index contributed by atoms with van der Waals surface area (Å²) in [5.41, 5.74) is 3.88. The van der Waals surface area contributed by atoms with E-state index in [1.54, 1.807) is 0 Å². The SMILES string of the molecule is CNC(Cn1nccc1C)c1ccc(C(C)C)cc1. The van der Waals surface area contributed by atoms with Gasteiger partial charge in [-0.15, -0.1) is 0 Å². The van der Waals surface area contributed by atoms with Crippen LogP contribution in [0.3, 0.4) is 0 Å². The summed E-state index contributed by atoms with van der Waals surface area (Å²) in [6.07, 6.45) is 1.85. The van der Waals surface area contributed by atoms with Crippen LogP contribution in [0.15, 0.2) is 36.5 Å². The molecule has 1 atom stereocenters. The second-order valence-electron chi connectivity index (χ2n) is 5.32. The van der Waals surface area contributed by atoms with Crippen LogP contribution in [0, 0.1) is 6.92 Å². The van der Waals surface area contributed by atoms with Crippen LogP contribution in [0.5, 0.6) is 0 Å². The molecule has 3 nitrogen and oxygen atoms in total. The molecule has 1 aromatic heterocycles. The largest absolute Gasteiger partial charge is 0.311 e. The van der Waals surface area contributed by atoms with Crippen LogP contribution < -0.4 is 5.32 Å². The lowest BCUT2D eigenvalue weighted by atomic mass is 9.99. The molecule has 1 unspecified atom stereocenters. The maximum Gasteiger partial charge on any atom is 0.0607 e. The van der Waals surface area contributed by atoms with Gasteiger partial charge in [-0.3, -0.25) is 4.68 Å². The van der Waals surface area contributed by atoms with Crippen LogP contribution >= 0.6 is 0 Å². The summed E-state index contributed by atoms with van der Waals surface area (Å²) in [7, 11) is 2.00. The summed E-state index contributed by atoms with van der Waals surface area (Å²) in [5, 5.41) is 7.72. The summed E-state index contributed by atoms with van der Waals surface area (Å²) < 4.78 is 2.04. The minimum Gasteiger partial charge on any atom is -0.311 e. The van der Waals surface area contributed by atoms with Gasteiger partial charge in [0.05, 0.1) is 12.6 Å². The van der Waals surface area contributed by atoms with Crippen LogP contribution in [0.25, 0.3) is 0 Å². The first kappa shape index (κ1) is 13.8. The van der Waals surface area contributed by atoms with Gasteiger partial charge < -0.3 is 5.32 Å². The monoisotopic (exact) mass is 257 g/mol. The predicted octanol–water partition coefficient (Wildman–Crippen LogP) is 3.28. The first-order valence-corrected chi connectivity index (χ1v) is 6.87. The molecule has 3 heteroatoms. The van der Waals surface area contributed by atoms with Crippen molar-refractivity contribution in [2.45, 2.75) is 39.3 Å². The lowest BCUT2D eigenvalue weighted by Gasteiger charge is -2.18. The number of hydrogen-bond donors (Lipinski definition) is 1. The standard InChI is InChI=1S/C16H23N3/c1-12(2)14-5-7-15(8-6-14)16(17-4)11-19-13(3)9-10-18-19/h5-10,12,16-17H,11H2,1-4H3. The molecule has 0 fully saturated rings. The highest BCUT2D eigenvalue weighted by Gasteiger charge is 2.11. The Morgan fingerprint density at radius 1 is 1.11 bits per heavy atom. The fourth-order valence-electron chi connectivity index (χ4n) is 2.24. The molecule has 2 rings (SSSR count).